The highest BCUT2D eigenvalue weighted by Crippen LogP contribution is 2.21. The van der Waals surface area contributed by atoms with Gasteiger partial charge >= 0.3 is 0 Å². The zero-order valence-electron chi connectivity index (χ0n) is 14.6. The van der Waals surface area contributed by atoms with Gasteiger partial charge < -0.3 is 16.0 Å². The van der Waals surface area contributed by atoms with Gasteiger partial charge in [-0.05, 0) is 43.0 Å². The molecular weight excluding hydrogens is 350 g/mol. The smallest absolute Gasteiger partial charge is 0.249 e. The van der Waals surface area contributed by atoms with Crippen LogP contribution in [0.15, 0.2) is 54.6 Å². The summed E-state index contributed by atoms with van der Waals surface area (Å²) < 4.78 is 0. The van der Waals surface area contributed by atoms with E-state index in [4.69, 9.17) is 5.73 Å². The van der Waals surface area contributed by atoms with E-state index >= 15 is 0 Å². The van der Waals surface area contributed by atoms with Gasteiger partial charge in [0.1, 0.15) is 6.04 Å². The minimum Gasteiger partial charge on any atom is -0.399 e. The average Bonchev–Trinajstić information content (AvgIpc) is 2.63. The molecule has 0 spiro atoms. The molecule has 138 valence electrons. The Balaban J connectivity index is 0.00000243. The van der Waals surface area contributed by atoms with Crippen LogP contribution >= 0.6 is 12.4 Å². The average molecular weight is 374 g/mol. The molecule has 3 rings (SSSR count). The number of nitrogens with one attached hydrogen (secondary N) is 1. The first kappa shape index (κ1) is 19.8. The molecule has 0 radical (unpaired) electrons. The Kier molecular flexibility index (Phi) is 7.04. The van der Waals surface area contributed by atoms with Crippen molar-refractivity contribution >= 4 is 35.6 Å². The van der Waals surface area contributed by atoms with Crippen LogP contribution in [0.3, 0.4) is 0 Å². The number of carbonyl (C=O) groups is 2. The van der Waals surface area contributed by atoms with Gasteiger partial charge in [0.05, 0.1) is 0 Å². The van der Waals surface area contributed by atoms with Crippen LogP contribution < -0.4 is 16.0 Å². The topological polar surface area (TPSA) is 75.4 Å². The number of nitrogens with zero attached hydrogens (tertiary/aromatic N) is 1. The van der Waals surface area contributed by atoms with Crippen molar-refractivity contribution in [2.45, 2.75) is 31.7 Å². The van der Waals surface area contributed by atoms with Gasteiger partial charge in [0.2, 0.25) is 11.8 Å². The van der Waals surface area contributed by atoms with Gasteiger partial charge in [0.25, 0.3) is 0 Å². The van der Waals surface area contributed by atoms with Gasteiger partial charge in [-0.1, -0.05) is 36.4 Å². The van der Waals surface area contributed by atoms with Crippen molar-refractivity contribution in [2.24, 2.45) is 0 Å². The lowest BCUT2D eigenvalue weighted by atomic mass is 10.0. The number of carbonyl (C=O) groups excluding carboxylic acids is 2. The number of halogens is 1. The van der Waals surface area contributed by atoms with Crippen LogP contribution in [-0.2, 0) is 16.0 Å². The molecule has 6 heteroatoms. The molecule has 26 heavy (non-hydrogen) atoms. The molecular formula is C20H24ClN3O2. The summed E-state index contributed by atoms with van der Waals surface area (Å²) >= 11 is 0. The Labute approximate surface area is 160 Å². The minimum atomic E-state index is -0.449. The fraction of sp³-hybridized carbons (Fsp3) is 0.300. The molecule has 1 saturated heterocycles. The second kappa shape index (κ2) is 9.25. The Morgan fingerprint density at radius 1 is 1.12 bits per heavy atom. The van der Waals surface area contributed by atoms with E-state index in [9.17, 15) is 9.59 Å². The molecule has 1 fully saturated rings. The Morgan fingerprint density at radius 3 is 2.54 bits per heavy atom. The lowest BCUT2D eigenvalue weighted by Crippen LogP contribution is -2.52. The summed E-state index contributed by atoms with van der Waals surface area (Å²) in [7, 11) is 0. The molecule has 0 aliphatic carbocycles. The van der Waals surface area contributed by atoms with Crippen LogP contribution in [0.25, 0.3) is 0 Å². The molecule has 2 aromatic rings. The predicted molar refractivity (Wildman–Crippen MR) is 106 cm³/mol. The molecule has 1 atom stereocenters. The van der Waals surface area contributed by atoms with Gasteiger partial charge in [-0.25, -0.2) is 0 Å². The van der Waals surface area contributed by atoms with E-state index in [1.165, 1.54) is 0 Å². The van der Waals surface area contributed by atoms with Crippen LogP contribution in [0.1, 0.15) is 24.8 Å². The Morgan fingerprint density at radius 2 is 1.81 bits per heavy atom. The molecule has 1 aliphatic rings. The minimum absolute atomic E-state index is 0. The summed E-state index contributed by atoms with van der Waals surface area (Å²) in [6, 6.07) is 16.7. The maximum absolute atomic E-state index is 12.7. The maximum Gasteiger partial charge on any atom is 0.249 e. The number of hydrogen-bond acceptors (Lipinski definition) is 3. The number of benzene rings is 2. The van der Waals surface area contributed by atoms with Gasteiger partial charge in [0.15, 0.2) is 0 Å². The standard InChI is InChI=1S/C20H23N3O2.ClH/c21-17-10-5-4-7-15(17)12-13-19(24)22-18-11-6-14-23(20(18)25)16-8-2-1-3-9-16;/h1-5,7-10,18H,6,11-14,21H2,(H,22,24);1H. The molecule has 3 N–H and O–H groups in total. The van der Waals surface area contributed by atoms with Crippen LogP contribution in [-0.4, -0.2) is 24.4 Å². The number of rotatable bonds is 5. The summed E-state index contributed by atoms with van der Waals surface area (Å²) in [5.74, 6) is -0.151. The van der Waals surface area contributed by atoms with E-state index in [-0.39, 0.29) is 24.2 Å². The van der Waals surface area contributed by atoms with E-state index in [1.807, 2.05) is 54.6 Å². The number of nitrogen functional groups attached to an aromatic ring is 1. The van der Waals surface area contributed by atoms with E-state index in [0.29, 0.717) is 31.5 Å². The third-order valence-electron chi connectivity index (χ3n) is 4.52. The van der Waals surface area contributed by atoms with Crippen molar-refractivity contribution in [3.63, 3.8) is 0 Å². The van der Waals surface area contributed by atoms with Gasteiger partial charge in [-0.3, -0.25) is 9.59 Å². The van der Waals surface area contributed by atoms with Crippen LogP contribution in [0.5, 0.6) is 0 Å². The van der Waals surface area contributed by atoms with Crippen LogP contribution in [0.4, 0.5) is 11.4 Å². The van der Waals surface area contributed by atoms with Crippen LogP contribution in [0, 0.1) is 0 Å². The Hall–Kier alpha value is -2.53. The number of amides is 2. The summed E-state index contributed by atoms with van der Waals surface area (Å²) in [5, 5.41) is 2.89. The summed E-state index contributed by atoms with van der Waals surface area (Å²) in [4.78, 5) is 26.7. The fourth-order valence-electron chi connectivity index (χ4n) is 3.15. The van der Waals surface area contributed by atoms with E-state index in [0.717, 1.165) is 17.7 Å². The second-order valence-electron chi connectivity index (χ2n) is 6.29. The fourth-order valence-corrected chi connectivity index (χ4v) is 3.15. The second-order valence-corrected chi connectivity index (χ2v) is 6.29. The van der Waals surface area contributed by atoms with Crippen molar-refractivity contribution in [3.05, 3.63) is 60.2 Å². The van der Waals surface area contributed by atoms with Gasteiger partial charge in [-0.2, -0.15) is 0 Å². The first-order valence-corrected chi connectivity index (χ1v) is 8.64. The maximum atomic E-state index is 12.7. The molecule has 0 aromatic heterocycles. The number of hydrogen-bond donors (Lipinski definition) is 2. The summed E-state index contributed by atoms with van der Waals surface area (Å²) in [6.45, 7) is 0.690. The van der Waals surface area contributed by atoms with E-state index in [1.54, 1.807) is 4.90 Å². The first-order chi connectivity index (χ1) is 12.1. The predicted octanol–water partition coefficient (Wildman–Crippen LogP) is 2.94. The van der Waals surface area contributed by atoms with Crippen molar-refractivity contribution in [1.29, 1.82) is 0 Å². The molecule has 2 aromatic carbocycles. The van der Waals surface area contributed by atoms with Crippen molar-refractivity contribution in [2.75, 3.05) is 17.2 Å². The van der Waals surface area contributed by atoms with E-state index < -0.39 is 6.04 Å². The zero-order chi connectivity index (χ0) is 17.6. The molecule has 0 bridgehead atoms. The Bertz CT molecular complexity index is 752. The number of nitrogens with two attached hydrogens (primary N) is 1. The quantitative estimate of drug-likeness (QED) is 0.791. The monoisotopic (exact) mass is 373 g/mol. The molecule has 1 unspecified atom stereocenters. The molecule has 5 nitrogen and oxygen atoms in total. The summed E-state index contributed by atoms with van der Waals surface area (Å²) in [5.41, 5.74) is 8.43. The third-order valence-corrected chi connectivity index (χ3v) is 4.52. The van der Waals surface area contributed by atoms with Crippen molar-refractivity contribution in [1.82, 2.24) is 5.32 Å². The molecule has 0 saturated carbocycles. The number of piperidine rings is 1. The van der Waals surface area contributed by atoms with Crippen LogP contribution in [0.2, 0.25) is 0 Å². The van der Waals surface area contributed by atoms with E-state index in [2.05, 4.69) is 5.32 Å². The largest absolute Gasteiger partial charge is 0.399 e. The normalized spacial score (nSPS) is 16.7. The number of para-hydroxylation sites is 2. The lowest BCUT2D eigenvalue weighted by molar-refractivity contribution is -0.128. The number of aryl methyl sites for hydroxylation is 1. The first-order valence-electron chi connectivity index (χ1n) is 8.64. The molecule has 1 aliphatic heterocycles. The zero-order valence-corrected chi connectivity index (χ0v) is 15.4. The van der Waals surface area contributed by atoms with Gasteiger partial charge in [0, 0.05) is 24.3 Å². The lowest BCUT2D eigenvalue weighted by Gasteiger charge is -2.32. The van der Waals surface area contributed by atoms with Gasteiger partial charge in [-0.15, -0.1) is 12.4 Å². The number of anilines is 2. The summed E-state index contributed by atoms with van der Waals surface area (Å²) in [6.07, 6.45) is 2.45. The SMILES string of the molecule is Cl.Nc1ccccc1CCC(=O)NC1CCCN(c2ccccc2)C1=O. The highest BCUT2D eigenvalue weighted by atomic mass is 35.5. The van der Waals surface area contributed by atoms with Crippen molar-refractivity contribution < 1.29 is 9.59 Å². The highest BCUT2D eigenvalue weighted by molar-refractivity contribution is 5.99. The highest BCUT2D eigenvalue weighted by Gasteiger charge is 2.30. The third kappa shape index (κ3) is 4.76. The molecule has 2 amide bonds. The molecule has 1 heterocycles. The van der Waals surface area contributed by atoms with Crippen molar-refractivity contribution in [3.8, 4) is 0 Å².